The Balaban J connectivity index is 3.33. The third-order valence-corrected chi connectivity index (χ3v) is 0.931. The van der Waals surface area contributed by atoms with Crippen molar-refractivity contribution in [2.24, 2.45) is 0 Å². The lowest BCUT2D eigenvalue weighted by Gasteiger charge is -2.01. The zero-order valence-corrected chi connectivity index (χ0v) is 6.33. The number of carbonyl (C=O) groups excluding carboxylic acids is 1. The van der Waals surface area contributed by atoms with E-state index in [1.165, 1.54) is 0 Å². The fraction of sp³-hybridized carbons (Fsp3) is 0.800. The summed E-state index contributed by atoms with van der Waals surface area (Å²) in [7, 11) is 2.37. The second-order valence-electron chi connectivity index (χ2n) is 1.54. The van der Waals surface area contributed by atoms with Crippen LogP contribution in [0.3, 0.4) is 0 Å². The van der Waals surface area contributed by atoms with Crippen molar-refractivity contribution < 1.29 is 9.53 Å². The summed E-state index contributed by atoms with van der Waals surface area (Å²) in [6, 6.07) is 0. The van der Waals surface area contributed by atoms with E-state index >= 15 is 0 Å². The van der Waals surface area contributed by atoms with Gasteiger partial charge in [0.05, 0.1) is 12.3 Å². The maximum Gasteiger partial charge on any atom is 0.312 e. The average molecular weight is 134 g/mol. The molecule has 0 bridgehead atoms. The molecular weight excluding hydrogens is 123 g/mol. The van der Waals surface area contributed by atoms with E-state index in [1.807, 2.05) is 0 Å². The van der Waals surface area contributed by atoms with Gasteiger partial charge in [0, 0.05) is 0 Å². The Morgan fingerprint density at radius 2 is 2.38 bits per heavy atom. The molecule has 48 valence electrons. The minimum absolute atomic E-state index is 0.0741. The average Bonchev–Trinajstić information content (AvgIpc) is 1.67. The van der Waals surface area contributed by atoms with E-state index in [9.17, 15) is 4.79 Å². The number of rotatable bonds is 2. The van der Waals surface area contributed by atoms with Crippen LogP contribution in [0.15, 0.2) is 0 Å². The minimum Gasteiger partial charge on any atom is -0.466 e. The highest BCUT2D eigenvalue weighted by molar-refractivity contribution is 7.19. The van der Waals surface area contributed by atoms with Gasteiger partial charge in [-0.05, 0) is 13.8 Å². The van der Waals surface area contributed by atoms with Gasteiger partial charge in [-0.15, -0.1) is 9.24 Å². The molecule has 0 aliphatic heterocycles. The molecule has 8 heavy (non-hydrogen) atoms. The largest absolute Gasteiger partial charge is 0.466 e. The summed E-state index contributed by atoms with van der Waals surface area (Å²) in [5, 5.41) is 0. The van der Waals surface area contributed by atoms with Crippen molar-refractivity contribution >= 4 is 15.2 Å². The van der Waals surface area contributed by atoms with Gasteiger partial charge in [0.2, 0.25) is 0 Å². The fourth-order valence-corrected chi connectivity index (χ4v) is 0.370. The molecule has 0 aromatic rings. The minimum atomic E-state index is -0.155. The first-order chi connectivity index (χ1) is 3.68. The van der Waals surface area contributed by atoms with Gasteiger partial charge >= 0.3 is 5.97 Å². The van der Waals surface area contributed by atoms with Crippen molar-refractivity contribution in [2.45, 2.75) is 19.5 Å². The third kappa shape index (κ3) is 2.98. The summed E-state index contributed by atoms with van der Waals surface area (Å²) in [5.74, 6) is -0.155. The molecule has 0 aliphatic rings. The van der Waals surface area contributed by atoms with E-state index < -0.39 is 0 Å². The molecule has 0 saturated carbocycles. The number of hydrogen-bond acceptors (Lipinski definition) is 2. The quantitative estimate of drug-likeness (QED) is 0.412. The van der Waals surface area contributed by atoms with Gasteiger partial charge in [0.25, 0.3) is 0 Å². The second kappa shape index (κ2) is 3.85. The highest BCUT2D eigenvalue weighted by Crippen LogP contribution is 1.99. The van der Waals surface area contributed by atoms with Crippen molar-refractivity contribution in [2.75, 3.05) is 6.61 Å². The van der Waals surface area contributed by atoms with Gasteiger partial charge in [0.15, 0.2) is 0 Å². The molecule has 0 heterocycles. The Morgan fingerprint density at radius 1 is 1.88 bits per heavy atom. The van der Waals surface area contributed by atoms with Crippen molar-refractivity contribution in [3.8, 4) is 0 Å². The van der Waals surface area contributed by atoms with Crippen LogP contribution in [0.5, 0.6) is 0 Å². The Kier molecular flexibility index (Phi) is 3.80. The van der Waals surface area contributed by atoms with Crippen LogP contribution < -0.4 is 0 Å². The number of esters is 1. The third-order valence-electron chi connectivity index (χ3n) is 0.658. The monoisotopic (exact) mass is 134 g/mol. The predicted octanol–water partition coefficient (Wildman–Crippen LogP) is 0.813. The number of ether oxygens (including phenoxy) is 1. The summed E-state index contributed by atoms with van der Waals surface area (Å²) in [5.41, 5.74) is -0.0741. The Hall–Kier alpha value is -0.100. The zero-order valence-electron chi connectivity index (χ0n) is 5.18. The first-order valence-electron chi connectivity index (χ1n) is 2.60. The molecule has 0 radical (unpaired) electrons. The summed E-state index contributed by atoms with van der Waals surface area (Å²) in [4.78, 5) is 10.5. The fourth-order valence-electron chi connectivity index (χ4n) is 0.274. The molecule has 0 rings (SSSR count). The summed E-state index contributed by atoms with van der Waals surface area (Å²) in [6.45, 7) is 4.05. The van der Waals surface area contributed by atoms with Gasteiger partial charge < -0.3 is 4.74 Å². The van der Waals surface area contributed by atoms with Crippen molar-refractivity contribution in [1.82, 2.24) is 0 Å². The lowest BCUT2D eigenvalue weighted by molar-refractivity contribution is -0.142. The molecule has 2 atom stereocenters. The molecule has 0 fully saturated rings. The Morgan fingerprint density at radius 3 is 2.50 bits per heavy atom. The molecule has 3 heteroatoms. The van der Waals surface area contributed by atoms with Crippen LogP contribution in [0, 0.1) is 0 Å². The van der Waals surface area contributed by atoms with Crippen LogP contribution in [-0.2, 0) is 9.53 Å². The smallest absolute Gasteiger partial charge is 0.312 e. The first-order valence-corrected chi connectivity index (χ1v) is 3.27. The van der Waals surface area contributed by atoms with E-state index in [0.717, 1.165) is 0 Å². The Labute approximate surface area is 51.8 Å². The molecule has 2 unspecified atom stereocenters. The van der Waals surface area contributed by atoms with Crippen molar-refractivity contribution in [3.63, 3.8) is 0 Å². The first kappa shape index (κ1) is 7.90. The molecule has 0 saturated heterocycles. The molecule has 0 aromatic heterocycles. The van der Waals surface area contributed by atoms with Crippen LogP contribution >= 0.6 is 9.24 Å². The molecule has 0 amide bonds. The van der Waals surface area contributed by atoms with E-state index in [4.69, 9.17) is 0 Å². The normalized spacial score (nSPS) is 12.9. The summed E-state index contributed by atoms with van der Waals surface area (Å²) < 4.78 is 4.64. The van der Waals surface area contributed by atoms with E-state index in [1.54, 1.807) is 13.8 Å². The van der Waals surface area contributed by atoms with Crippen LogP contribution in [-0.4, -0.2) is 18.2 Å². The molecular formula is C5H11O2P. The Bertz CT molecular complexity index is 80.5. The number of carbonyl (C=O) groups is 1. The van der Waals surface area contributed by atoms with E-state index in [0.29, 0.717) is 6.61 Å². The lowest BCUT2D eigenvalue weighted by atomic mass is 10.5. The zero-order chi connectivity index (χ0) is 6.57. The van der Waals surface area contributed by atoms with Crippen LogP contribution in [0.2, 0.25) is 0 Å². The molecule has 2 nitrogen and oxygen atoms in total. The topological polar surface area (TPSA) is 26.3 Å². The van der Waals surface area contributed by atoms with E-state index in [2.05, 4.69) is 14.0 Å². The van der Waals surface area contributed by atoms with Crippen molar-refractivity contribution in [1.29, 1.82) is 0 Å². The van der Waals surface area contributed by atoms with E-state index in [-0.39, 0.29) is 11.6 Å². The van der Waals surface area contributed by atoms with Crippen LogP contribution in [0.4, 0.5) is 0 Å². The number of hydrogen-bond donors (Lipinski definition) is 0. The van der Waals surface area contributed by atoms with Gasteiger partial charge in [-0.1, -0.05) is 0 Å². The molecule has 0 spiro atoms. The van der Waals surface area contributed by atoms with Gasteiger partial charge in [-0.25, -0.2) is 0 Å². The predicted molar refractivity (Wildman–Crippen MR) is 35.8 cm³/mol. The summed E-state index contributed by atoms with van der Waals surface area (Å²) >= 11 is 0. The highest BCUT2D eigenvalue weighted by atomic mass is 31.0. The van der Waals surface area contributed by atoms with Crippen molar-refractivity contribution in [3.05, 3.63) is 0 Å². The summed E-state index contributed by atoms with van der Waals surface area (Å²) in [6.07, 6.45) is 0. The molecule has 0 N–H and O–H groups in total. The highest BCUT2D eigenvalue weighted by Gasteiger charge is 2.05. The molecule has 0 aromatic carbocycles. The second-order valence-corrected chi connectivity index (χ2v) is 2.54. The maximum absolute atomic E-state index is 10.5. The lowest BCUT2D eigenvalue weighted by Crippen LogP contribution is -2.13. The van der Waals surface area contributed by atoms with Gasteiger partial charge in [-0.2, -0.15) is 0 Å². The van der Waals surface area contributed by atoms with Gasteiger partial charge in [0.1, 0.15) is 0 Å². The maximum atomic E-state index is 10.5. The molecule has 0 aliphatic carbocycles. The van der Waals surface area contributed by atoms with Crippen LogP contribution in [0.1, 0.15) is 13.8 Å². The SMILES string of the molecule is CCOC(=O)C(C)P. The standard InChI is InChI=1S/C5H11O2P/c1-3-7-5(6)4(2)8/h4H,3,8H2,1-2H3. The van der Waals surface area contributed by atoms with Crippen LogP contribution in [0.25, 0.3) is 0 Å². The van der Waals surface area contributed by atoms with Gasteiger partial charge in [-0.3, -0.25) is 4.79 Å².